The molecule has 4 heteroatoms. The van der Waals surface area contributed by atoms with E-state index in [9.17, 15) is 9.90 Å². The Labute approximate surface area is 291 Å². The zero-order valence-electron chi connectivity index (χ0n) is 29.7. The van der Waals surface area contributed by atoms with Crippen molar-refractivity contribution in [3.8, 4) is 22.4 Å². The molecule has 0 atom stereocenters. The van der Waals surface area contributed by atoms with E-state index in [4.69, 9.17) is 4.98 Å². The van der Waals surface area contributed by atoms with E-state index in [0.29, 0.717) is 30.6 Å². The summed E-state index contributed by atoms with van der Waals surface area (Å²) < 4.78 is 0. The zero-order valence-corrected chi connectivity index (χ0v) is 32.1. The van der Waals surface area contributed by atoms with Crippen molar-refractivity contribution in [3.63, 3.8) is 0 Å². The van der Waals surface area contributed by atoms with Crippen LogP contribution in [0, 0.1) is 44.6 Å². The number of nitrogens with zero attached hydrogens (tertiary/aromatic N) is 1. The van der Waals surface area contributed by atoms with Gasteiger partial charge in [0.2, 0.25) is 0 Å². The molecular weight excluding hydrogens is 743 g/mol. The first-order valence-corrected chi connectivity index (χ1v) is 16.6. The van der Waals surface area contributed by atoms with Crippen LogP contribution in [0.2, 0.25) is 0 Å². The Morgan fingerprint density at radius 2 is 1.48 bits per heavy atom. The van der Waals surface area contributed by atoms with Crippen molar-refractivity contribution in [1.82, 2.24) is 4.98 Å². The van der Waals surface area contributed by atoms with Crippen molar-refractivity contribution in [1.29, 1.82) is 0 Å². The predicted octanol–water partition coefficient (Wildman–Crippen LogP) is 11.2. The molecule has 0 bridgehead atoms. The number of allylic oxidation sites excluding steroid dienone is 2. The second-order valence-corrected chi connectivity index (χ2v) is 14.9. The van der Waals surface area contributed by atoms with Crippen molar-refractivity contribution in [2.75, 3.05) is 0 Å². The Hall–Kier alpha value is -3.07. The van der Waals surface area contributed by atoms with Gasteiger partial charge in [0, 0.05) is 49.8 Å². The van der Waals surface area contributed by atoms with Crippen molar-refractivity contribution in [2.45, 2.75) is 101 Å². The van der Waals surface area contributed by atoms with Gasteiger partial charge in [-0.15, -0.1) is 34.9 Å². The number of benzene rings is 3. The minimum Gasteiger partial charge on any atom is -0.512 e. The molecule has 3 aromatic carbocycles. The number of aliphatic hydroxyl groups excluding tert-OH is 1. The number of carbonyl (C=O) groups is 1. The summed E-state index contributed by atoms with van der Waals surface area (Å²) >= 11 is 0. The van der Waals surface area contributed by atoms with Crippen LogP contribution in [0.5, 0.6) is 0 Å². The molecule has 0 saturated carbocycles. The summed E-state index contributed by atoms with van der Waals surface area (Å²) in [6.07, 6.45) is 3.51. The average molecular weight is 795 g/mol. The predicted molar refractivity (Wildman–Crippen MR) is 191 cm³/mol. The van der Waals surface area contributed by atoms with Crippen LogP contribution >= 0.6 is 0 Å². The van der Waals surface area contributed by atoms with Crippen molar-refractivity contribution in [3.05, 3.63) is 99.8 Å². The molecule has 0 aliphatic heterocycles. The molecule has 1 aliphatic rings. The number of pyridine rings is 1. The third-order valence-electron chi connectivity index (χ3n) is 8.45. The minimum absolute atomic E-state index is 0. The van der Waals surface area contributed by atoms with E-state index in [-0.39, 0.29) is 37.1 Å². The quantitative estimate of drug-likeness (QED) is 0.110. The zero-order chi connectivity index (χ0) is 33.2. The molecule has 4 aromatic rings. The SMILES string of the molecule is CC(C)CC(=O)/C=C(\O)CC(C)C.Cc1[c-]c(-c2cc(CC(C)C)c3cc4c(cc3n2)C(C)(C)c2cc(C)ccc2-4)cc(C)c1.[Ir]. The number of ketones is 1. The molecule has 1 radical (unpaired) electrons. The third-order valence-corrected chi connectivity index (χ3v) is 8.45. The fraction of sp³-hybridized carbons (Fsp3) is 0.429. The summed E-state index contributed by atoms with van der Waals surface area (Å²) in [6, 6.07) is 21.9. The molecule has 46 heavy (non-hydrogen) atoms. The van der Waals surface area contributed by atoms with Crippen molar-refractivity contribution in [2.24, 2.45) is 17.8 Å². The molecule has 3 nitrogen and oxygen atoms in total. The maximum absolute atomic E-state index is 11.2. The van der Waals surface area contributed by atoms with Crippen LogP contribution in [0.15, 0.2) is 60.4 Å². The number of fused-ring (bicyclic) bond motifs is 4. The van der Waals surface area contributed by atoms with Gasteiger partial charge in [-0.3, -0.25) is 9.78 Å². The molecule has 1 N–H and O–H groups in total. The first-order chi connectivity index (χ1) is 21.0. The molecule has 0 fully saturated rings. The van der Waals surface area contributed by atoms with E-state index in [0.717, 1.165) is 28.8 Å². The molecule has 0 amide bonds. The second-order valence-electron chi connectivity index (χ2n) is 14.9. The minimum atomic E-state index is -0.0210. The fourth-order valence-electron chi connectivity index (χ4n) is 6.54. The second kappa shape index (κ2) is 15.2. The van der Waals surface area contributed by atoms with E-state index >= 15 is 0 Å². The van der Waals surface area contributed by atoms with E-state index in [1.165, 1.54) is 50.4 Å². The Balaban J connectivity index is 0.000000352. The number of hydrogen-bond acceptors (Lipinski definition) is 3. The number of hydrogen-bond donors (Lipinski definition) is 1. The third kappa shape index (κ3) is 8.84. The van der Waals surface area contributed by atoms with Crippen LogP contribution in [-0.2, 0) is 36.7 Å². The molecule has 0 unspecified atom stereocenters. The smallest absolute Gasteiger partial charge is 0.159 e. The summed E-state index contributed by atoms with van der Waals surface area (Å²) in [5, 5.41) is 10.6. The maximum Gasteiger partial charge on any atom is 0.159 e. The Kier molecular flexibility index (Phi) is 12.4. The number of aryl methyl sites for hydroxylation is 3. The molecule has 1 aromatic heterocycles. The van der Waals surface area contributed by atoms with Gasteiger partial charge in [0.25, 0.3) is 0 Å². The molecule has 1 aliphatic carbocycles. The Bertz CT molecular complexity index is 1720. The molecule has 5 rings (SSSR count). The summed E-state index contributed by atoms with van der Waals surface area (Å²) in [5.74, 6) is 1.56. The molecule has 0 saturated heterocycles. The van der Waals surface area contributed by atoms with Crippen LogP contribution in [-0.4, -0.2) is 15.9 Å². The standard InChI is InChI=1S/C31H32N.C11H20O2.Ir/c1-18(2)10-22-15-29(23-12-20(4)11-21(5)13-23)32-30-17-28-26(16-25(22)30)24-9-8-19(3)14-27(24)31(28,6)7;1-8(2)5-10(12)7-11(13)6-9(3)4;/h8-9,11-12,14-18H,10H2,1-7H3;7-9,12H,5-6H2,1-4H3;/q-1;;/b;10-7-;. The monoisotopic (exact) mass is 795 g/mol. The number of aliphatic hydroxyl groups is 1. The van der Waals surface area contributed by atoms with E-state index in [1.807, 2.05) is 27.7 Å². The first kappa shape index (κ1) is 37.4. The number of aromatic nitrogens is 1. The average Bonchev–Trinajstić information content (AvgIpc) is 3.11. The Morgan fingerprint density at radius 3 is 2.09 bits per heavy atom. The number of carbonyl (C=O) groups excluding carboxylic acids is 1. The van der Waals surface area contributed by atoms with E-state index < -0.39 is 0 Å². The van der Waals surface area contributed by atoms with Crippen molar-refractivity contribution < 1.29 is 30.0 Å². The van der Waals surface area contributed by atoms with Gasteiger partial charge in [-0.1, -0.05) is 99.1 Å². The summed E-state index contributed by atoms with van der Waals surface area (Å²) in [5.41, 5.74) is 13.9. The summed E-state index contributed by atoms with van der Waals surface area (Å²) in [4.78, 5) is 16.4. The molecule has 0 spiro atoms. The van der Waals surface area contributed by atoms with E-state index in [2.05, 4.69) is 103 Å². The topological polar surface area (TPSA) is 50.2 Å². The van der Waals surface area contributed by atoms with Crippen LogP contribution < -0.4 is 0 Å². The van der Waals surface area contributed by atoms with Gasteiger partial charge in [-0.25, -0.2) is 0 Å². The Morgan fingerprint density at radius 1 is 0.826 bits per heavy atom. The summed E-state index contributed by atoms with van der Waals surface area (Å²) in [7, 11) is 0. The molecule has 1 heterocycles. The molecular formula is C42H52IrNO2-. The van der Waals surface area contributed by atoms with E-state index in [1.54, 1.807) is 0 Å². The normalized spacial score (nSPS) is 13.4. The number of rotatable bonds is 8. The van der Waals surface area contributed by atoms with Crippen LogP contribution in [0.3, 0.4) is 0 Å². The van der Waals surface area contributed by atoms with Crippen LogP contribution in [0.1, 0.15) is 102 Å². The van der Waals surface area contributed by atoms with Crippen molar-refractivity contribution >= 4 is 16.7 Å². The van der Waals surface area contributed by atoms with Gasteiger partial charge in [0.05, 0.1) is 11.3 Å². The van der Waals surface area contributed by atoms with Gasteiger partial charge >= 0.3 is 0 Å². The van der Waals surface area contributed by atoms with Gasteiger partial charge in [0.1, 0.15) is 0 Å². The van der Waals surface area contributed by atoms with Gasteiger partial charge in [-0.2, -0.15) is 0 Å². The van der Waals surface area contributed by atoms with Gasteiger partial charge < -0.3 is 5.11 Å². The maximum atomic E-state index is 11.2. The van der Waals surface area contributed by atoms with Crippen LogP contribution in [0.4, 0.5) is 0 Å². The fourth-order valence-corrected chi connectivity index (χ4v) is 6.54. The first-order valence-electron chi connectivity index (χ1n) is 16.6. The van der Waals surface area contributed by atoms with Crippen LogP contribution in [0.25, 0.3) is 33.3 Å². The van der Waals surface area contributed by atoms with Gasteiger partial charge in [0.15, 0.2) is 5.78 Å². The largest absolute Gasteiger partial charge is 0.512 e. The molecule has 247 valence electrons. The van der Waals surface area contributed by atoms with Gasteiger partial charge in [-0.05, 0) is 76.7 Å². The summed E-state index contributed by atoms with van der Waals surface area (Å²) in [6.45, 7) is 23.7.